The standard InChI is InChI=1S/C19H22N4O6Se.ClH/c1-4-29-18(25)16-13(9-21-19(20)30)22-10(2)14(17(24)28-3)15(16)11-6-5-7-12(8-11)23(26)27;/h5-8,15,22H,4,9H2,1-3H3,(H3,20,21,30);1H. The average Bonchev–Trinajstić information content (AvgIpc) is 2.71. The van der Waals surface area contributed by atoms with Gasteiger partial charge in [0.15, 0.2) is 0 Å². The van der Waals surface area contributed by atoms with Crippen molar-refractivity contribution in [2.24, 2.45) is 10.7 Å². The molecule has 0 aromatic heterocycles. The van der Waals surface area contributed by atoms with Gasteiger partial charge in [-0.3, -0.25) is 0 Å². The zero-order valence-corrected chi connectivity index (χ0v) is 19.8. The van der Waals surface area contributed by atoms with Crippen molar-refractivity contribution in [2.45, 2.75) is 19.8 Å². The van der Waals surface area contributed by atoms with E-state index in [1.165, 1.54) is 25.3 Å². The number of hydrogen-bond acceptors (Lipinski definition) is 8. The molecule has 2 rings (SSSR count). The van der Waals surface area contributed by atoms with E-state index in [1.807, 2.05) is 0 Å². The van der Waals surface area contributed by atoms with Gasteiger partial charge in [0.25, 0.3) is 0 Å². The van der Waals surface area contributed by atoms with Crippen molar-refractivity contribution < 1.29 is 24.0 Å². The maximum Gasteiger partial charge on any atom is -0.147 e. The molecule has 31 heavy (non-hydrogen) atoms. The van der Waals surface area contributed by atoms with Crippen LogP contribution in [0.25, 0.3) is 0 Å². The van der Waals surface area contributed by atoms with Gasteiger partial charge in [0.1, 0.15) is 0 Å². The number of methoxy groups -OCH3 is 1. The third-order valence-corrected chi connectivity index (χ3v) is 4.66. The number of nitro benzene ring substituents is 1. The van der Waals surface area contributed by atoms with Gasteiger partial charge in [-0.15, -0.1) is 12.4 Å². The molecule has 0 fully saturated rings. The molecule has 1 aliphatic rings. The third kappa shape index (κ3) is 6.06. The Bertz CT molecular complexity index is 972. The number of allylic oxidation sites excluding steroid dienone is 1. The largest absolute Gasteiger partial charge is 0.147 e. The van der Waals surface area contributed by atoms with E-state index in [9.17, 15) is 19.7 Å². The topological polar surface area (TPSA) is 146 Å². The molecule has 1 aromatic carbocycles. The summed E-state index contributed by atoms with van der Waals surface area (Å²) in [5.74, 6) is -2.30. The predicted octanol–water partition coefficient (Wildman–Crippen LogP) is 1.18. The normalized spacial score (nSPS) is 16.3. The van der Waals surface area contributed by atoms with E-state index in [0.717, 1.165) is 0 Å². The van der Waals surface area contributed by atoms with Crippen molar-refractivity contribution in [3.8, 4) is 0 Å². The van der Waals surface area contributed by atoms with Gasteiger partial charge in [-0.2, -0.15) is 0 Å². The van der Waals surface area contributed by atoms with Crippen molar-refractivity contribution in [1.29, 1.82) is 0 Å². The summed E-state index contributed by atoms with van der Waals surface area (Å²) in [6.45, 7) is 3.42. The van der Waals surface area contributed by atoms with E-state index in [4.69, 9.17) is 15.2 Å². The number of benzene rings is 1. The van der Waals surface area contributed by atoms with Gasteiger partial charge in [0.05, 0.1) is 0 Å². The van der Waals surface area contributed by atoms with Crippen LogP contribution in [0.2, 0.25) is 0 Å². The van der Waals surface area contributed by atoms with Crippen LogP contribution in [-0.2, 0) is 19.1 Å². The van der Waals surface area contributed by atoms with Crippen LogP contribution >= 0.6 is 12.4 Å². The Morgan fingerprint density at radius 1 is 1.32 bits per heavy atom. The summed E-state index contributed by atoms with van der Waals surface area (Å²) in [7, 11) is 1.22. The van der Waals surface area contributed by atoms with Crippen LogP contribution in [-0.4, -0.2) is 57.9 Å². The van der Waals surface area contributed by atoms with E-state index in [-0.39, 0.29) is 47.1 Å². The number of carbonyl (C=O) groups excluding carboxylic acids is 2. The fraction of sp³-hybridized carbons (Fsp3) is 0.316. The minimum Gasteiger partial charge on any atom is -0.147 e. The van der Waals surface area contributed by atoms with Crippen LogP contribution in [0.5, 0.6) is 0 Å². The molecule has 0 radical (unpaired) electrons. The van der Waals surface area contributed by atoms with Gasteiger partial charge >= 0.3 is 181 Å². The van der Waals surface area contributed by atoms with Gasteiger partial charge in [0.2, 0.25) is 0 Å². The number of rotatable bonds is 7. The molecule has 0 aliphatic carbocycles. The number of hydrogen-bond donors (Lipinski definition) is 2. The SMILES string of the molecule is CCOC(=O)C1=C(CN=C(N)[SeH])NC(C)=C(C(=O)OC)C1c1cccc([N+](=O)[O-])c1.Cl. The molecule has 0 saturated carbocycles. The van der Waals surface area contributed by atoms with Crippen LogP contribution < -0.4 is 11.1 Å². The number of aliphatic imine (C=N–C) groups is 1. The second kappa shape index (κ2) is 11.5. The first-order valence-electron chi connectivity index (χ1n) is 8.90. The summed E-state index contributed by atoms with van der Waals surface area (Å²) in [4.78, 5) is 40.4. The monoisotopic (exact) mass is 518 g/mol. The Kier molecular flexibility index (Phi) is 9.70. The molecule has 12 heteroatoms. The maximum absolute atomic E-state index is 12.9. The molecule has 1 heterocycles. The summed E-state index contributed by atoms with van der Waals surface area (Å²) in [5, 5.41) is 14.3. The fourth-order valence-corrected chi connectivity index (χ4v) is 3.31. The molecule has 1 unspecified atom stereocenters. The van der Waals surface area contributed by atoms with Crippen LogP contribution in [0.4, 0.5) is 5.69 Å². The molecule has 0 saturated heterocycles. The second-order valence-corrected chi connectivity index (χ2v) is 7.19. The van der Waals surface area contributed by atoms with Gasteiger partial charge < -0.3 is 0 Å². The molecule has 1 aliphatic heterocycles. The molecule has 10 nitrogen and oxygen atoms in total. The molecule has 168 valence electrons. The number of halogens is 1. The molecule has 0 amide bonds. The number of esters is 2. The van der Waals surface area contributed by atoms with Crippen LogP contribution in [0, 0.1) is 10.1 Å². The van der Waals surface area contributed by atoms with E-state index < -0.39 is 22.8 Å². The molecule has 1 aromatic rings. The molecule has 0 spiro atoms. The van der Waals surface area contributed by atoms with Crippen LogP contribution in [0.15, 0.2) is 51.8 Å². The van der Waals surface area contributed by atoms with Gasteiger partial charge in [-0.1, -0.05) is 0 Å². The number of ether oxygens (including phenoxy) is 2. The van der Waals surface area contributed by atoms with E-state index in [1.54, 1.807) is 19.9 Å². The summed E-state index contributed by atoms with van der Waals surface area (Å²) >= 11 is 2.08. The fourth-order valence-electron chi connectivity index (χ4n) is 3.16. The maximum atomic E-state index is 12.9. The average molecular weight is 518 g/mol. The van der Waals surface area contributed by atoms with Crippen molar-refractivity contribution >= 4 is 50.8 Å². The summed E-state index contributed by atoms with van der Waals surface area (Å²) in [6.07, 6.45) is 0. The Labute approximate surface area is 193 Å². The minimum atomic E-state index is -0.949. The minimum absolute atomic E-state index is 0. The Balaban J connectivity index is 0.00000480. The van der Waals surface area contributed by atoms with Gasteiger partial charge in [0, 0.05) is 0 Å². The summed E-state index contributed by atoms with van der Waals surface area (Å²) in [5.41, 5.74) is 6.88. The van der Waals surface area contributed by atoms with Crippen molar-refractivity contribution in [3.63, 3.8) is 0 Å². The summed E-state index contributed by atoms with van der Waals surface area (Å²) < 4.78 is 10.4. The Morgan fingerprint density at radius 3 is 2.55 bits per heavy atom. The molecule has 1 atom stereocenters. The molecule has 0 bridgehead atoms. The number of dihydropyridines is 1. The van der Waals surface area contributed by atoms with Crippen molar-refractivity contribution in [2.75, 3.05) is 20.3 Å². The Morgan fingerprint density at radius 2 is 2.00 bits per heavy atom. The molecule has 3 N–H and O–H groups in total. The third-order valence-electron chi connectivity index (χ3n) is 4.36. The molecular formula is C19H23ClN4O6Se. The number of amidine groups is 1. The van der Waals surface area contributed by atoms with E-state index >= 15 is 0 Å². The van der Waals surface area contributed by atoms with E-state index in [0.29, 0.717) is 17.0 Å². The quantitative estimate of drug-likeness (QED) is 0.137. The first-order valence-corrected chi connectivity index (χ1v) is 9.84. The van der Waals surface area contributed by atoms with Crippen molar-refractivity contribution in [3.05, 3.63) is 62.5 Å². The van der Waals surface area contributed by atoms with Crippen LogP contribution in [0.1, 0.15) is 25.3 Å². The number of nitro groups is 1. The Hall–Kier alpha value is -2.88. The number of nitrogens with one attached hydrogen (secondary N) is 1. The summed E-state index contributed by atoms with van der Waals surface area (Å²) in [6, 6.07) is 5.73. The number of non-ortho nitro benzene ring substituents is 1. The van der Waals surface area contributed by atoms with Gasteiger partial charge in [-0.05, 0) is 0 Å². The number of carbonyl (C=O) groups is 2. The second-order valence-electron chi connectivity index (χ2n) is 6.23. The predicted molar refractivity (Wildman–Crippen MR) is 118 cm³/mol. The molecular weight excluding hydrogens is 495 g/mol. The number of nitrogens with zero attached hydrogens (tertiary/aromatic N) is 2. The zero-order valence-electron chi connectivity index (χ0n) is 17.1. The van der Waals surface area contributed by atoms with E-state index in [2.05, 4.69) is 26.3 Å². The first-order chi connectivity index (χ1) is 14.2. The van der Waals surface area contributed by atoms with Gasteiger partial charge in [-0.25, -0.2) is 0 Å². The first kappa shape index (κ1) is 26.2. The number of nitrogens with two attached hydrogens (primary N) is 1. The van der Waals surface area contributed by atoms with Crippen LogP contribution in [0.3, 0.4) is 0 Å². The van der Waals surface area contributed by atoms with Crippen molar-refractivity contribution in [1.82, 2.24) is 5.32 Å². The smallest absolute Gasteiger partial charge is 0.147 e. The zero-order chi connectivity index (χ0) is 22.4.